The quantitative estimate of drug-likeness (QED) is 0.761. The first kappa shape index (κ1) is 17.8. The summed E-state index contributed by atoms with van der Waals surface area (Å²) in [5.41, 5.74) is 3.29. The van der Waals surface area contributed by atoms with Gasteiger partial charge >= 0.3 is 0 Å². The van der Waals surface area contributed by atoms with Gasteiger partial charge in [-0.15, -0.1) is 0 Å². The van der Waals surface area contributed by atoms with E-state index in [2.05, 4.69) is 31.5 Å². The molecule has 1 amide bonds. The van der Waals surface area contributed by atoms with Gasteiger partial charge in [-0.25, -0.2) is 0 Å². The molecule has 0 aliphatic carbocycles. The van der Waals surface area contributed by atoms with Crippen molar-refractivity contribution >= 4 is 12.0 Å². The Morgan fingerprint density at radius 2 is 1.75 bits per heavy atom. The number of hydrogen-bond acceptors (Lipinski definition) is 2. The van der Waals surface area contributed by atoms with Crippen LogP contribution >= 0.6 is 0 Å². The number of carbonyl (C=O) groups is 1. The molecule has 2 aromatic carbocycles. The Labute approximate surface area is 143 Å². The number of para-hydroxylation sites is 1. The number of rotatable bonds is 7. The summed E-state index contributed by atoms with van der Waals surface area (Å²) >= 11 is 0. The number of methoxy groups -OCH3 is 1. The highest BCUT2D eigenvalue weighted by Gasteiger charge is 2.06. The molecule has 0 fully saturated rings. The highest BCUT2D eigenvalue weighted by Crippen LogP contribution is 2.18. The van der Waals surface area contributed by atoms with Crippen molar-refractivity contribution in [1.82, 2.24) is 5.32 Å². The van der Waals surface area contributed by atoms with Gasteiger partial charge in [0, 0.05) is 23.7 Å². The molecule has 0 saturated carbocycles. The van der Waals surface area contributed by atoms with Crippen molar-refractivity contribution in [1.29, 1.82) is 0 Å². The topological polar surface area (TPSA) is 42.8 Å². The molecule has 2 N–H and O–H groups in total. The maximum atomic E-state index is 12.1. The third kappa shape index (κ3) is 5.25. The summed E-state index contributed by atoms with van der Waals surface area (Å²) in [4.78, 5) is 13.4. The fourth-order valence-corrected chi connectivity index (χ4v) is 2.49. The minimum atomic E-state index is -0.118. The summed E-state index contributed by atoms with van der Waals surface area (Å²) < 4.78 is 5.27. The van der Waals surface area contributed by atoms with E-state index in [1.165, 1.54) is 16.5 Å². The molecule has 0 spiro atoms. The van der Waals surface area contributed by atoms with E-state index in [1.807, 2.05) is 36.4 Å². The zero-order valence-electron chi connectivity index (χ0n) is 14.5. The minimum Gasteiger partial charge on any atom is -0.496 e. The molecular weight excluding hydrogens is 300 g/mol. The lowest BCUT2D eigenvalue weighted by molar-refractivity contribution is -0.872. The number of carbonyl (C=O) groups excluding carboxylic acids is 1. The van der Waals surface area contributed by atoms with Gasteiger partial charge in [0.25, 0.3) is 0 Å². The standard InChI is InChI=1S/C20H24N2O2/c1-22(2)15-18-10-5-4-9-17(18)14-21-20(23)13-12-16-8-6-7-11-19(16)24-3/h4-13H,14-15H2,1-3H3,(H,21,23)/p+1/b13-12+. The Hall–Kier alpha value is -2.59. The first-order valence-corrected chi connectivity index (χ1v) is 8.05. The molecule has 4 heteroatoms. The minimum absolute atomic E-state index is 0.118. The maximum Gasteiger partial charge on any atom is 0.244 e. The van der Waals surface area contributed by atoms with Crippen LogP contribution in [-0.4, -0.2) is 27.1 Å². The Morgan fingerprint density at radius 3 is 2.46 bits per heavy atom. The number of quaternary nitrogens is 1. The van der Waals surface area contributed by atoms with Crippen molar-refractivity contribution in [2.45, 2.75) is 13.1 Å². The van der Waals surface area contributed by atoms with Gasteiger partial charge in [0.05, 0.1) is 21.2 Å². The predicted molar refractivity (Wildman–Crippen MR) is 96.8 cm³/mol. The molecular formula is C20H25N2O2+. The Balaban J connectivity index is 1.97. The van der Waals surface area contributed by atoms with E-state index in [0.29, 0.717) is 6.54 Å². The molecule has 0 bridgehead atoms. The molecule has 0 aliphatic heterocycles. The van der Waals surface area contributed by atoms with E-state index >= 15 is 0 Å². The van der Waals surface area contributed by atoms with Gasteiger partial charge in [-0.1, -0.05) is 42.5 Å². The van der Waals surface area contributed by atoms with E-state index < -0.39 is 0 Å². The molecule has 0 radical (unpaired) electrons. The van der Waals surface area contributed by atoms with Crippen molar-refractivity contribution in [3.63, 3.8) is 0 Å². The van der Waals surface area contributed by atoms with Gasteiger partial charge in [0.15, 0.2) is 0 Å². The second-order valence-electron chi connectivity index (χ2n) is 5.95. The highest BCUT2D eigenvalue weighted by molar-refractivity contribution is 5.92. The molecule has 0 saturated heterocycles. The van der Waals surface area contributed by atoms with Crippen LogP contribution in [0.1, 0.15) is 16.7 Å². The van der Waals surface area contributed by atoms with Gasteiger partial charge in [0.1, 0.15) is 12.3 Å². The molecule has 0 heterocycles. The molecule has 0 aromatic heterocycles. The highest BCUT2D eigenvalue weighted by atomic mass is 16.5. The molecule has 0 atom stereocenters. The second kappa shape index (κ2) is 8.89. The Kier molecular flexibility index (Phi) is 6.58. The van der Waals surface area contributed by atoms with Crippen LogP contribution in [0.3, 0.4) is 0 Å². The summed E-state index contributed by atoms with van der Waals surface area (Å²) in [5.74, 6) is 0.633. The number of ether oxygens (including phenoxy) is 1. The van der Waals surface area contributed by atoms with E-state index in [9.17, 15) is 4.79 Å². The van der Waals surface area contributed by atoms with Crippen molar-refractivity contribution in [2.75, 3.05) is 21.2 Å². The lowest BCUT2D eigenvalue weighted by Gasteiger charge is -2.12. The second-order valence-corrected chi connectivity index (χ2v) is 5.95. The molecule has 0 aliphatic rings. The zero-order chi connectivity index (χ0) is 17.4. The van der Waals surface area contributed by atoms with Crippen LogP contribution in [0, 0.1) is 0 Å². The zero-order valence-corrected chi connectivity index (χ0v) is 14.5. The van der Waals surface area contributed by atoms with E-state index in [4.69, 9.17) is 4.74 Å². The SMILES string of the molecule is COc1ccccc1/C=C/C(=O)NCc1ccccc1C[NH+](C)C. The molecule has 2 rings (SSSR count). The lowest BCUT2D eigenvalue weighted by Crippen LogP contribution is -3.04. The Morgan fingerprint density at radius 1 is 1.08 bits per heavy atom. The van der Waals surface area contributed by atoms with E-state index in [1.54, 1.807) is 13.2 Å². The molecule has 0 unspecified atom stereocenters. The van der Waals surface area contributed by atoms with Crippen LogP contribution in [0.2, 0.25) is 0 Å². The van der Waals surface area contributed by atoms with Crippen molar-refractivity contribution in [3.05, 3.63) is 71.3 Å². The van der Waals surface area contributed by atoms with E-state index in [-0.39, 0.29) is 5.91 Å². The van der Waals surface area contributed by atoms with Gasteiger partial charge in [-0.3, -0.25) is 4.79 Å². The fourth-order valence-electron chi connectivity index (χ4n) is 2.49. The van der Waals surface area contributed by atoms with Crippen LogP contribution in [0.5, 0.6) is 5.75 Å². The molecule has 2 aromatic rings. The largest absolute Gasteiger partial charge is 0.496 e. The molecule has 4 nitrogen and oxygen atoms in total. The number of nitrogens with one attached hydrogen (secondary N) is 2. The number of benzene rings is 2. The predicted octanol–water partition coefficient (Wildman–Crippen LogP) is 1.67. The van der Waals surface area contributed by atoms with Crippen molar-refractivity contribution in [3.8, 4) is 5.75 Å². The number of amides is 1. The fraction of sp³-hybridized carbons (Fsp3) is 0.250. The van der Waals surface area contributed by atoms with Crippen molar-refractivity contribution < 1.29 is 14.4 Å². The van der Waals surface area contributed by atoms with Crippen LogP contribution in [0.15, 0.2) is 54.6 Å². The first-order valence-electron chi connectivity index (χ1n) is 8.05. The summed E-state index contributed by atoms with van der Waals surface area (Å²) in [7, 11) is 5.85. The van der Waals surface area contributed by atoms with Crippen LogP contribution in [0.25, 0.3) is 6.08 Å². The van der Waals surface area contributed by atoms with Gasteiger partial charge in [-0.05, 0) is 17.7 Å². The summed E-state index contributed by atoms with van der Waals surface area (Å²) in [6.45, 7) is 1.46. The average Bonchev–Trinajstić information content (AvgIpc) is 2.59. The monoisotopic (exact) mass is 325 g/mol. The van der Waals surface area contributed by atoms with Crippen LogP contribution in [-0.2, 0) is 17.9 Å². The van der Waals surface area contributed by atoms with Gasteiger partial charge in [0.2, 0.25) is 5.91 Å². The maximum absolute atomic E-state index is 12.1. The molecule has 24 heavy (non-hydrogen) atoms. The van der Waals surface area contributed by atoms with Gasteiger partial charge < -0.3 is 15.0 Å². The first-order chi connectivity index (χ1) is 11.6. The average molecular weight is 325 g/mol. The van der Waals surface area contributed by atoms with Crippen molar-refractivity contribution in [2.24, 2.45) is 0 Å². The summed E-state index contributed by atoms with van der Waals surface area (Å²) in [6, 6.07) is 15.8. The van der Waals surface area contributed by atoms with Crippen LogP contribution < -0.4 is 15.0 Å². The Bertz CT molecular complexity index is 708. The van der Waals surface area contributed by atoms with E-state index in [0.717, 1.165) is 23.4 Å². The third-order valence-electron chi connectivity index (χ3n) is 3.67. The molecule has 126 valence electrons. The van der Waals surface area contributed by atoms with Crippen LogP contribution in [0.4, 0.5) is 0 Å². The van der Waals surface area contributed by atoms with Gasteiger partial charge in [-0.2, -0.15) is 0 Å². The smallest absolute Gasteiger partial charge is 0.244 e. The lowest BCUT2D eigenvalue weighted by atomic mass is 10.1. The number of hydrogen-bond donors (Lipinski definition) is 2. The third-order valence-corrected chi connectivity index (χ3v) is 3.67. The summed E-state index contributed by atoms with van der Waals surface area (Å²) in [6.07, 6.45) is 3.31. The normalized spacial score (nSPS) is 11.0. The summed E-state index contributed by atoms with van der Waals surface area (Å²) in [5, 5.41) is 2.94.